The first-order valence-corrected chi connectivity index (χ1v) is 4.75. The first-order chi connectivity index (χ1) is 6.06. The molecule has 1 rings (SSSR count). The van der Waals surface area contributed by atoms with E-state index in [-0.39, 0.29) is 12.3 Å². The Hall–Kier alpha value is -0.400. The van der Waals surface area contributed by atoms with Crippen LogP contribution in [-0.4, -0.2) is 10.0 Å². The Balaban J connectivity index is 3.38. The molecule has 0 radical (unpaired) electrons. The van der Waals surface area contributed by atoms with Crippen LogP contribution in [0.5, 0.6) is 0 Å². The standard InChI is InChI=1S/C7H5ClINO3/c8-4-1-6(9)5(3-11)7(2-4)10(12)13/h1-2,11H,3H2. The molecule has 0 unspecified atom stereocenters. The SMILES string of the molecule is O=[N+]([O-])c1cc(Cl)cc(I)c1CO. The lowest BCUT2D eigenvalue weighted by molar-refractivity contribution is -0.385. The zero-order valence-corrected chi connectivity index (χ0v) is 9.24. The number of hydrogen-bond donors (Lipinski definition) is 1. The van der Waals surface area contributed by atoms with Gasteiger partial charge in [0.25, 0.3) is 5.69 Å². The molecule has 1 N–H and O–H groups in total. The van der Waals surface area contributed by atoms with Gasteiger partial charge in [-0.1, -0.05) is 11.6 Å². The molecule has 1 aromatic rings. The number of hydrogen-bond acceptors (Lipinski definition) is 3. The molecule has 0 saturated heterocycles. The Labute approximate surface area is 92.8 Å². The average Bonchev–Trinajstić information content (AvgIpc) is 2.02. The summed E-state index contributed by atoms with van der Waals surface area (Å²) in [5.41, 5.74) is 0.161. The summed E-state index contributed by atoms with van der Waals surface area (Å²) in [6.45, 7) is -0.355. The van der Waals surface area contributed by atoms with E-state index in [1.807, 2.05) is 22.6 Å². The number of benzene rings is 1. The lowest BCUT2D eigenvalue weighted by atomic mass is 10.2. The van der Waals surface area contributed by atoms with E-state index in [1.165, 1.54) is 6.07 Å². The zero-order valence-electron chi connectivity index (χ0n) is 6.33. The average molecular weight is 313 g/mol. The highest BCUT2D eigenvalue weighted by atomic mass is 127. The third-order valence-corrected chi connectivity index (χ3v) is 2.67. The van der Waals surface area contributed by atoms with Crippen molar-refractivity contribution < 1.29 is 10.0 Å². The minimum Gasteiger partial charge on any atom is -0.391 e. The summed E-state index contributed by atoms with van der Waals surface area (Å²) in [4.78, 5) is 9.96. The van der Waals surface area contributed by atoms with E-state index in [1.54, 1.807) is 6.07 Å². The Morgan fingerprint density at radius 1 is 1.62 bits per heavy atom. The molecule has 0 spiro atoms. The highest BCUT2D eigenvalue weighted by molar-refractivity contribution is 14.1. The highest BCUT2D eigenvalue weighted by Gasteiger charge is 2.16. The van der Waals surface area contributed by atoms with Crippen LogP contribution >= 0.6 is 34.2 Å². The number of rotatable bonds is 2. The summed E-state index contributed by atoms with van der Waals surface area (Å²) in [5.74, 6) is 0. The van der Waals surface area contributed by atoms with Gasteiger partial charge in [0.15, 0.2) is 0 Å². The Kier molecular flexibility index (Phi) is 3.46. The number of nitro benzene ring substituents is 1. The van der Waals surface area contributed by atoms with Crippen molar-refractivity contribution in [1.29, 1.82) is 0 Å². The highest BCUT2D eigenvalue weighted by Crippen LogP contribution is 2.28. The van der Waals surface area contributed by atoms with Crippen molar-refractivity contribution in [2.24, 2.45) is 0 Å². The lowest BCUT2D eigenvalue weighted by Crippen LogP contribution is -1.98. The summed E-state index contributed by atoms with van der Waals surface area (Å²) in [6, 6.07) is 2.80. The zero-order chi connectivity index (χ0) is 10.0. The maximum atomic E-state index is 10.5. The summed E-state index contributed by atoms with van der Waals surface area (Å²) in [5, 5.41) is 19.7. The van der Waals surface area contributed by atoms with Gasteiger partial charge in [-0.05, 0) is 28.7 Å². The van der Waals surface area contributed by atoms with Gasteiger partial charge in [0, 0.05) is 14.7 Å². The van der Waals surface area contributed by atoms with Crippen molar-refractivity contribution in [3.8, 4) is 0 Å². The lowest BCUT2D eigenvalue weighted by Gasteiger charge is -2.02. The quantitative estimate of drug-likeness (QED) is 0.518. The van der Waals surface area contributed by atoms with Crippen molar-refractivity contribution in [2.45, 2.75) is 6.61 Å². The van der Waals surface area contributed by atoms with Gasteiger partial charge in [0.1, 0.15) is 0 Å². The molecule has 6 heteroatoms. The van der Waals surface area contributed by atoms with Crippen LogP contribution in [0.4, 0.5) is 5.69 Å². The summed E-state index contributed by atoms with van der Waals surface area (Å²) in [7, 11) is 0. The van der Waals surface area contributed by atoms with Crippen LogP contribution in [0.2, 0.25) is 5.02 Å². The summed E-state index contributed by atoms with van der Waals surface area (Å²) in [6.07, 6.45) is 0. The Morgan fingerprint density at radius 2 is 2.23 bits per heavy atom. The fraction of sp³-hybridized carbons (Fsp3) is 0.143. The molecule has 0 atom stereocenters. The molecule has 0 saturated carbocycles. The Bertz CT molecular complexity index is 356. The van der Waals surface area contributed by atoms with E-state index in [0.717, 1.165) is 0 Å². The molecular weight excluding hydrogens is 308 g/mol. The van der Waals surface area contributed by atoms with Crippen LogP contribution in [0, 0.1) is 13.7 Å². The molecule has 1 aromatic carbocycles. The molecule has 0 aliphatic rings. The molecule has 0 aliphatic carbocycles. The number of aliphatic hydroxyl groups excluding tert-OH is 1. The second-order valence-corrected chi connectivity index (χ2v) is 3.90. The molecule has 0 amide bonds. The predicted molar refractivity (Wildman–Crippen MR) is 56.7 cm³/mol. The normalized spacial score (nSPS) is 10.1. The van der Waals surface area contributed by atoms with Crippen LogP contribution in [-0.2, 0) is 6.61 Å². The molecule has 13 heavy (non-hydrogen) atoms. The summed E-state index contributed by atoms with van der Waals surface area (Å²) < 4.78 is 0.597. The minimum absolute atomic E-state index is 0.139. The van der Waals surface area contributed by atoms with Crippen molar-refractivity contribution in [3.63, 3.8) is 0 Å². The van der Waals surface area contributed by atoms with E-state index in [0.29, 0.717) is 14.2 Å². The van der Waals surface area contributed by atoms with Gasteiger partial charge in [0.2, 0.25) is 0 Å². The Morgan fingerprint density at radius 3 is 2.69 bits per heavy atom. The van der Waals surface area contributed by atoms with Gasteiger partial charge < -0.3 is 5.11 Å². The second kappa shape index (κ2) is 4.21. The van der Waals surface area contributed by atoms with Crippen LogP contribution in [0.25, 0.3) is 0 Å². The molecular formula is C7H5ClINO3. The fourth-order valence-electron chi connectivity index (χ4n) is 0.909. The largest absolute Gasteiger partial charge is 0.391 e. The van der Waals surface area contributed by atoms with E-state index >= 15 is 0 Å². The van der Waals surface area contributed by atoms with Gasteiger partial charge >= 0.3 is 0 Å². The number of nitro groups is 1. The topological polar surface area (TPSA) is 63.4 Å². The number of nitrogens with zero attached hydrogens (tertiary/aromatic N) is 1. The molecule has 0 aromatic heterocycles. The van der Waals surface area contributed by atoms with Crippen molar-refractivity contribution >= 4 is 39.9 Å². The molecule has 4 nitrogen and oxygen atoms in total. The van der Waals surface area contributed by atoms with Crippen LogP contribution in [0.1, 0.15) is 5.56 Å². The van der Waals surface area contributed by atoms with E-state index < -0.39 is 4.92 Å². The molecule has 0 aliphatic heterocycles. The number of halogens is 2. The molecule has 0 heterocycles. The van der Waals surface area contributed by atoms with E-state index in [4.69, 9.17) is 16.7 Å². The van der Waals surface area contributed by atoms with Gasteiger partial charge in [-0.2, -0.15) is 0 Å². The van der Waals surface area contributed by atoms with Crippen molar-refractivity contribution in [3.05, 3.63) is 36.4 Å². The second-order valence-electron chi connectivity index (χ2n) is 2.30. The van der Waals surface area contributed by atoms with Gasteiger partial charge in [-0.15, -0.1) is 0 Å². The van der Waals surface area contributed by atoms with Gasteiger partial charge in [-0.25, -0.2) is 0 Å². The predicted octanol–water partition coefficient (Wildman–Crippen LogP) is 2.35. The monoisotopic (exact) mass is 313 g/mol. The minimum atomic E-state index is -0.556. The maximum Gasteiger partial charge on any atom is 0.277 e. The van der Waals surface area contributed by atoms with E-state index in [9.17, 15) is 10.1 Å². The van der Waals surface area contributed by atoms with Crippen LogP contribution < -0.4 is 0 Å². The van der Waals surface area contributed by atoms with Crippen LogP contribution in [0.3, 0.4) is 0 Å². The van der Waals surface area contributed by atoms with Crippen molar-refractivity contribution in [2.75, 3.05) is 0 Å². The van der Waals surface area contributed by atoms with Crippen molar-refractivity contribution in [1.82, 2.24) is 0 Å². The van der Waals surface area contributed by atoms with Crippen LogP contribution in [0.15, 0.2) is 12.1 Å². The number of aliphatic hydroxyl groups is 1. The molecule has 70 valence electrons. The van der Waals surface area contributed by atoms with Gasteiger partial charge in [0.05, 0.1) is 17.1 Å². The maximum absolute atomic E-state index is 10.5. The summed E-state index contributed by atoms with van der Waals surface area (Å²) >= 11 is 7.53. The smallest absolute Gasteiger partial charge is 0.277 e. The van der Waals surface area contributed by atoms with E-state index in [2.05, 4.69) is 0 Å². The molecule has 0 bridgehead atoms. The molecule has 0 fully saturated rings. The third-order valence-electron chi connectivity index (χ3n) is 1.49. The first kappa shape index (κ1) is 10.7. The third kappa shape index (κ3) is 2.29. The van der Waals surface area contributed by atoms with Gasteiger partial charge in [-0.3, -0.25) is 10.1 Å². The first-order valence-electron chi connectivity index (χ1n) is 3.29. The fourth-order valence-corrected chi connectivity index (χ4v) is 2.09.